The second kappa shape index (κ2) is 7.13. The van der Waals surface area contributed by atoms with E-state index in [4.69, 9.17) is 4.74 Å². The molecule has 1 aliphatic rings. The van der Waals surface area contributed by atoms with E-state index in [2.05, 4.69) is 10.3 Å². The van der Waals surface area contributed by atoms with Gasteiger partial charge in [0.15, 0.2) is 0 Å². The van der Waals surface area contributed by atoms with E-state index in [9.17, 15) is 18.0 Å². The van der Waals surface area contributed by atoms with Gasteiger partial charge in [-0.15, -0.1) is 0 Å². The van der Waals surface area contributed by atoms with Crippen LogP contribution in [0.2, 0.25) is 0 Å². The number of amides is 1. The quantitative estimate of drug-likeness (QED) is 0.568. The number of carbonyl (C=O) groups excluding carboxylic acids is 1. The molecule has 0 aliphatic heterocycles. The maximum absolute atomic E-state index is 12.6. The number of aromatic amines is 1. The van der Waals surface area contributed by atoms with E-state index < -0.39 is 11.7 Å². The van der Waals surface area contributed by atoms with E-state index in [1.807, 2.05) is 25.1 Å². The molecule has 29 heavy (non-hydrogen) atoms. The largest absolute Gasteiger partial charge is 0.493 e. The number of H-pyrrole nitrogens is 1. The molecule has 0 radical (unpaired) electrons. The molecule has 1 aromatic heterocycles. The summed E-state index contributed by atoms with van der Waals surface area (Å²) < 4.78 is 43.4. The van der Waals surface area contributed by atoms with Crippen LogP contribution in [0.1, 0.15) is 30.9 Å². The van der Waals surface area contributed by atoms with Crippen molar-refractivity contribution in [2.45, 2.75) is 32.4 Å². The van der Waals surface area contributed by atoms with E-state index in [1.54, 1.807) is 6.20 Å². The summed E-state index contributed by atoms with van der Waals surface area (Å²) in [4.78, 5) is 15.5. The molecule has 0 atom stereocenters. The predicted molar refractivity (Wildman–Crippen MR) is 105 cm³/mol. The summed E-state index contributed by atoms with van der Waals surface area (Å²) in [5.41, 5.74) is 1.74. The van der Waals surface area contributed by atoms with Gasteiger partial charge in [0.05, 0.1) is 17.9 Å². The molecular weight excluding hydrogens is 381 g/mol. The molecule has 1 amide bonds. The summed E-state index contributed by atoms with van der Waals surface area (Å²) in [7, 11) is 0. The standard InChI is InChI=1S/C22H21F3N2O2/c1-21(9-10-21)20(28)27-19-13-26-18-7-2-14(12-17(18)19)8-11-29-16-5-3-15(4-6-16)22(23,24)25/h2-7,12-13,26H,8-11H2,1H3,(H,27,28). The van der Waals surface area contributed by atoms with Crippen LogP contribution in [0.4, 0.5) is 18.9 Å². The van der Waals surface area contributed by atoms with Crippen LogP contribution in [-0.2, 0) is 17.4 Å². The summed E-state index contributed by atoms with van der Waals surface area (Å²) >= 11 is 0. The highest BCUT2D eigenvalue weighted by Gasteiger charge is 2.45. The lowest BCUT2D eigenvalue weighted by Gasteiger charge is -2.10. The topological polar surface area (TPSA) is 54.1 Å². The predicted octanol–water partition coefficient (Wildman–Crippen LogP) is 5.55. The van der Waals surface area contributed by atoms with E-state index in [1.165, 1.54) is 12.1 Å². The Hall–Kier alpha value is -2.96. The molecule has 3 aromatic rings. The third-order valence-electron chi connectivity index (χ3n) is 5.38. The highest BCUT2D eigenvalue weighted by Crippen LogP contribution is 2.46. The zero-order valence-electron chi connectivity index (χ0n) is 15.9. The van der Waals surface area contributed by atoms with Crippen LogP contribution in [0, 0.1) is 5.41 Å². The fourth-order valence-corrected chi connectivity index (χ4v) is 3.14. The monoisotopic (exact) mass is 402 g/mol. The van der Waals surface area contributed by atoms with Gasteiger partial charge in [-0.1, -0.05) is 13.0 Å². The van der Waals surface area contributed by atoms with Crippen molar-refractivity contribution in [3.05, 3.63) is 59.8 Å². The minimum Gasteiger partial charge on any atom is -0.493 e. The first-order valence-corrected chi connectivity index (χ1v) is 9.46. The van der Waals surface area contributed by atoms with Gasteiger partial charge in [-0.25, -0.2) is 0 Å². The fourth-order valence-electron chi connectivity index (χ4n) is 3.14. The zero-order valence-corrected chi connectivity index (χ0v) is 15.9. The lowest BCUT2D eigenvalue weighted by atomic mass is 10.1. The number of anilines is 1. The number of nitrogens with one attached hydrogen (secondary N) is 2. The molecule has 1 heterocycles. The third kappa shape index (κ3) is 4.23. The number of rotatable bonds is 6. The molecule has 2 aromatic carbocycles. The molecule has 0 unspecified atom stereocenters. The number of halogens is 3. The average molecular weight is 402 g/mol. The molecule has 0 spiro atoms. The molecule has 0 saturated heterocycles. The van der Waals surface area contributed by atoms with Gasteiger partial charge in [0.25, 0.3) is 0 Å². The number of aromatic nitrogens is 1. The van der Waals surface area contributed by atoms with Gasteiger partial charge in [-0.3, -0.25) is 4.79 Å². The molecule has 1 fully saturated rings. The summed E-state index contributed by atoms with van der Waals surface area (Å²) in [6.07, 6.45) is -0.153. The summed E-state index contributed by atoms with van der Waals surface area (Å²) in [6, 6.07) is 10.6. The minimum atomic E-state index is -4.35. The third-order valence-corrected chi connectivity index (χ3v) is 5.38. The minimum absolute atomic E-state index is 0.0365. The van der Waals surface area contributed by atoms with Gasteiger partial charge in [-0.2, -0.15) is 13.2 Å². The molecule has 7 heteroatoms. The van der Waals surface area contributed by atoms with E-state index in [0.717, 1.165) is 47.1 Å². The van der Waals surface area contributed by atoms with Crippen LogP contribution < -0.4 is 10.1 Å². The summed E-state index contributed by atoms with van der Waals surface area (Å²) in [5, 5.41) is 3.93. The Balaban J connectivity index is 1.39. The maximum Gasteiger partial charge on any atom is 0.416 e. The lowest BCUT2D eigenvalue weighted by Crippen LogP contribution is -2.21. The van der Waals surface area contributed by atoms with Crippen molar-refractivity contribution in [2.24, 2.45) is 5.41 Å². The van der Waals surface area contributed by atoms with Crippen molar-refractivity contribution in [3.8, 4) is 5.75 Å². The van der Waals surface area contributed by atoms with Crippen LogP contribution in [0.15, 0.2) is 48.7 Å². The number of benzene rings is 2. The van der Waals surface area contributed by atoms with Crippen LogP contribution in [0.25, 0.3) is 10.9 Å². The van der Waals surface area contributed by atoms with Crippen molar-refractivity contribution in [1.82, 2.24) is 4.98 Å². The summed E-state index contributed by atoms with van der Waals surface area (Å²) in [6.45, 7) is 2.29. The van der Waals surface area contributed by atoms with Crippen molar-refractivity contribution in [3.63, 3.8) is 0 Å². The van der Waals surface area contributed by atoms with Gasteiger partial charge in [-0.05, 0) is 54.8 Å². The molecule has 4 nitrogen and oxygen atoms in total. The van der Waals surface area contributed by atoms with E-state index in [0.29, 0.717) is 18.8 Å². The lowest BCUT2D eigenvalue weighted by molar-refractivity contribution is -0.137. The Kier molecular flexibility index (Phi) is 4.76. The Morgan fingerprint density at radius 3 is 2.55 bits per heavy atom. The fraction of sp³-hybridized carbons (Fsp3) is 0.318. The molecule has 152 valence electrons. The first-order chi connectivity index (χ1) is 13.7. The van der Waals surface area contributed by atoms with Crippen LogP contribution in [0.3, 0.4) is 0 Å². The highest BCUT2D eigenvalue weighted by molar-refractivity contribution is 6.04. The number of ether oxygens (including phenoxy) is 1. The van der Waals surface area contributed by atoms with Crippen molar-refractivity contribution in [2.75, 3.05) is 11.9 Å². The number of carbonyl (C=O) groups is 1. The van der Waals surface area contributed by atoms with E-state index >= 15 is 0 Å². The van der Waals surface area contributed by atoms with Crippen LogP contribution >= 0.6 is 0 Å². The molecule has 0 bridgehead atoms. The van der Waals surface area contributed by atoms with Gasteiger partial charge < -0.3 is 15.0 Å². The highest BCUT2D eigenvalue weighted by atomic mass is 19.4. The van der Waals surface area contributed by atoms with Crippen molar-refractivity contribution >= 4 is 22.5 Å². The number of alkyl halides is 3. The average Bonchev–Trinajstić information content (AvgIpc) is 3.32. The first-order valence-electron chi connectivity index (χ1n) is 9.46. The van der Waals surface area contributed by atoms with Gasteiger partial charge in [0.2, 0.25) is 5.91 Å². The van der Waals surface area contributed by atoms with Crippen molar-refractivity contribution in [1.29, 1.82) is 0 Å². The molecule has 4 rings (SSSR count). The Bertz CT molecular complexity index is 1030. The van der Waals surface area contributed by atoms with E-state index in [-0.39, 0.29) is 11.3 Å². The van der Waals surface area contributed by atoms with Gasteiger partial charge in [0.1, 0.15) is 5.75 Å². The smallest absolute Gasteiger partial charge is 0.416 e. The molecule has 1 aliphatic carbocycles. The van der Waals surface area contributed by atoms with Gasteiger partial charge in [0, 0.05) is 28.9 Å². The normalized spacial score (nSPS) is 15.3. The van der Waals surface area contributed by atoms with Gasteiger partial charge >= 0.3 is 6.18 Å². The number of hydrogen-bond acceptors (Lipinski definition) is 2. The SMILES string of the molecule is CC1(C(=O)Nc2c[nH]c3ccc(CCOc4ccc(C(F)(F)F)cc4)cc23)CC1. The Morgan fingerprint density at radius 1 is 1.17 bits per heavy atom. The Morgan fingerprint density at radius 2 is 1.90 bits per heavy atom. The van der Waals surface area contributed by atoms with Crippen LogP contribution in [0.5, 0.6) is 5.75 Å². The number of fused-ring (bicyclic) bond motifs is 1. The number of hydrogen-bond donors (Lipinski definition) is 2. The molecule has 2 N–H and O–H groups in total. The second-order valence-electron chi connectivity index (χ2n) is 7.72. The van der Waals surface area contributed by atoms with Crippen LogP contribution in [-0.4, -0.2) is 17.5 Å². The molecule has 1 saturated carbocycles. The zero-order chi connectivity index (χ0) is 20.6. The maximum atomic E-state index is 12.6. The summed E-state index contributed by atoms with van der Waals surface area (Å²) in [5.74, 6) is 0.431. The van der Waals surface area contributed by atoms with Crippen molar-refractivity contribution < 1.29 is 22.7 Å². The first kappa shape index (κ1) is 19.4. The second-order valence-corrected chi connectivity index (χ2v) is 7.72. The Labute approximate surface area is 166 Å². The molecular formula is C22H21F3N2O2.